The summed E-state index contributed by atoms with van der Waals surface area (Å²) >= 11 is 0. The van der Waals surface area contributed by atoms with Crippen LogP contribution in [0.3, 0.4) is 0 Å². The van der Waals surface area contributed by atoms with Gasteiger partial charge in [-0.05, 0) is 24.3 Å². The number of benzene rings is 1. The third kappa shape index (κ3) is 6.52. The summed E-state index contributed by atoms with van der Waals surface area (Å²) in [5.41, 5.74) is 1.59. The van der Waals surface area contributed by atoms with Crippen LogP contribution in [0.25, 0.3) is 0 Å². The number of carbonyl (C=O) groups excluding carboxylic acids is 2. The van der Waals surface area contributed by atoms with Crippen LogP contribution in [0.15, 0.2) is 28.8 Å². The fourth-order valence-electron chi connectivity index (χ4n) is 3.15. The maximum atomic E-state index is 12.4. The molecule has 3 rings (SSSR count). The molecule has 0 atom stereocenters. The van der Waals surface area contributed by atoms with Gasteiger partial charge in [0.15, 0.2) is 5.82 Å². The largest absolute Gasteiger partial charge is 0.378 e. The molecule has 0 saturated carbocycles. The lowest BCUT2D eigenvalue weighted by atomic mass is 9.96. The van der Waals surface area contributed by atoms with E-state index in [-0.39, 0.29) is 30.2 Å². The zero-order chi connectivity index (χ0) is 22.4. The molecule has 168 valence electrons. The second-order valence-electron chi connectivity index (χ2n) is 8.71. The van der Waals surface area contributed by atoms with E-state index in [1.165, 1.54) is 4.90 Å². The number of morpholine rings is 1. The van der Waals surface area contributed by atoms with Crippen molar-refractivity contribution in [2.75, 3.05) is 50.1 Å². The number of hydrogen-bond donors (Lipinski definition) is 1. The van der Waals surface area contributed by atoms with Gasteiger partial charge in [0.25, 0.3) is 0 Å². The van der Waals surface area contributed by atoms with E-state index in [9.17, 15) is 9.59 Å². The molecule has 0 spiro atoms. The van der Waals surface area contributed by atoms with Gasteiger partial charge in [-0.25, -0.2) is 0 Å². The minimum atomic E-state index is -0.247. The van der Waals surface area contributed by atoms with Crippen LogP contribution in [-0.4, -0.2) is 66.8 Å². The van der Waals surface area contributed by atoms with Crippen molar-refractivity contribution < 1.29 is 18.8 Å². The van der Waals surface area contributed by atoms with Gasteiger partial charge < -0.3 is 24.4 Å². The summed E-state index contributed by atoms with van der Waals surface area (Å²) in [7, 11) is 1.61. The first-order valence-corrected chi connectivity index (χ1v) is 10.5. The topological polar surface area (TPSA) is 101 Å². The van der Waals surface area contributed by atoms with Gasteiger partial charge in [-0.1, -0.05) is 25.9 Å². The summed E-state index contributed by atoms with van der Waals surface area (Å²) in [5, 5.41) is 6.79. The van der Waals surface area contributed by atoms with Gasteiger partial charge in [-0.2, -0.15) is 4.98 Å². The highest BCUT2D eigenvalue weighted by molar-refractivity contribution is 5.94. The summed E-state index contributed by atoms with van der Waals surface area (Å²) in [6.07, 6.45) is 0.542. The van der Waals surface area contributed by atoms with E-state index in [1.807, 2.05) is 45.0 Å². The van der Waals surface area contributed by atoms with Crippen molar-refractivity contribution in [2.45, 2.75) is 39.0 Å². The molecule has 1 aliphatic heterocycles. The zero-order valence-corrected chi connectivity index (χ0v) is 18.7. The number of ether oxygens (including phenoxy) is 1. The smallest absolute Gasteiger partial charge is 0.243 e. The van der Waals surface area contributed by atoms with Crippen molar-refractivity contribution in [1.29, 1.82) is 0 Å². The first-order chi connectivity index (χ1) is 14.7. The normalized spacial score (nSPS) is 14.4. The Morgan fingerprint density at radius 3 is 2.45 bits per heavy atom. The Labute approximate surface area is 182 Å². The Balaban J connectivity index is 1.44. The van der Waals surface area contributed by atoms with E-state index >= 15 is 0 Å². The summed E-state index contributed by atoms with van der Waals surface area (Å²) in [6.45, 7) is 9.13. The third-order valence-electron chi connectivity index (χ3n) is 5.03. The fourth-order valence-corrected chi connectivity index (χ4v) is 3.15. The van der Waals surface area contributed by atoms with Crippen LogP contribution in [0, 0.1) is 0 Å². The molecule has 0 radical (unpaired) electrons. The van der Waals surface area contributed by atoms with Crippen LogP contribution in [0.5, 0.6) is 0 Å². The molecule has 1 N–H and O–H groups in total. The van der Waals surface area contributed by atoms with E-state index in [1.54, 1.807) is 7.05 Å². The van der Waals surface area contributed by atoms with Crippen LogP contribution >= 0.6 is 0 Å². The highest BCUT2D eigenvalue weighted by Gasteiger charge is 2.22. The van der Waals surface area contributed by atoms with Gasteiger partial charge in [-0.3, -0.25) is 9.59 Å². The maximum absolute atomic E-state index is 12.4. The first-order valence-electron chi connectivity index (χ1n) is 10.5. The predicted molar refractivity (Wildman–Crippen MR) is 117 cm³/mol. The number of amides is 2. The molecular weight excluding hydrogens is 398 g/mol. The quantitative estimate of drug-likeness (QED) is 0.720. The lowest BCUT2D eigenvalue weighted by molar-refractivity contribution is -0.133. The van der Waals surface area contributed by atoms with Crippen molar-refractivity contribution in [3.8, 4) is 0 Å². The first kappa shape index (κ1) is 22.7. The molecule has 31 heavy (non-hydrogen) atoms. The van der Waals surface area contributed by atoms with Crippen molar-refractivity contribution in [3.05, 3.63) is 36.0 Å². The van der Waals surface area contributed by atoms with Crippen molar-refractivity contribution in [1.82, 2.24) is 15.0 Å². The number of aryl methyl sites for hydroxylation is 1. The number of rotatable bonds is 7. The number of hydrogen-bond acceptors (Lipinski definition) is 7. The van der Waals surface area contributed by atoms with Gasteiger partial charge in [-0.15, -0.1) is 0 Å². The second-order valence-corrected chi connectivity index (χ2v) is 8.71. The Morgan fingerprint density at radius 1 is 1.16 bits per heavy atom. The molecule has 1 fully saturated rings. The molecule has 0 unspecified atom stereocenters. The van der Waals surface area contributed by atoms with Gasteiger partial charge in [0.2, 0.25) is 17.7 Å². The Bertz CT molecular complexity index is 882. The lowest BCUT2D eigenvalue weighted by Crippen LogP contribution is -2.36. The second kappa shape index (κ2) is 9.91. The van der Waals surface area contributed by atoms with E-state index in [2.05, 4.69) is 20.4 Å². The van der Waals surface area contributed by atoms with Gasteiger partial charge in [0.05, 0.1) is 19.8 Å². The third-order valence-corrected chi connectivity index (χ3v) is 5.03. The molecule has 2 amide bonds. The Kier molecular flexibility index (Phi) is 7.27. The number of aromatic nitrogens is 2. The molecular formula is C22H31N5O4. The lowest BCUT2D eigenvalue weighted by Gasteiger charge is -2.28. The van der Waals surface area contributed by atoms with Crippen LogP contribution < -0.4 is 10.2 Å². The molecule has 1 aliphatic rings. The molecule has 2 heterocycles. The molecule has 0 bridgehead atoms. The Hall–Kier alpha value is -2.94. The maximum Gasteiger partial charge on any atom is 0.243 e. The van der Waals surface area contributed by atoms with Crippen LogP contribution in [-0.2, 0) is 26.2 Å². The number of nitrogens with zero attached hydrogens (tertiary/aromatic N) is 4. The van der Waals surface area contributed by atoms with E-state index in [4.69, 9.17) is 9.26 Å². The summed E-state index contributed by atoms with van der Waals surface area (Å²) in [5.74, 6) is 0.634. The number of carbonyl (C=O) groups is 2. The van der Waals surface area contributed by atoms with Crippen molar-refractivity contribution >= 4 is 23.2 Å². The molecule has 1 aromatic carbocycles. The molecule has 9 heteroatoms. The van der Waals surface area contributed by atoms with Crippen LogP contribution in [0.4, 0.5) is 11.4 Å². The number of anilines is 2. The zero-order valence-electron chi connectivity index (χ0n) is 18.7. The Morgan fingerprint density at radius 2 is 1.84 bits per heavy atom. The average Bonchev–Trinajstić information content (AvgIpc) is 3.23. The molecule has 9 nitrogen and oxygen atoms in total. The summed E-state index contributed by atoms with van der Waals surface area (Å²) in [4.78, 5) is 32.7. The molecule has 0 aliphatic carbocycles. The van der Waals surface area contributed by atoms with Gasteiger partial charge in [0.1, 0.15) is 0 Å². The van der Waals surface area contributed by atoms with E-state index in [0.29, 0.717) is 23.8 Å². The van der Waals surface area contributed by atoms with Gasteiger partial charge in [0, 0.05) is 49.8 Å². The minimum Gasteiger partial charge on any atom is -0.378 e. The van der Waals surface area contributed by atoms with Crippen LogP contribution in [0.1, 0.15) is 38.9 Å². The summed E-state index contributed by atoms with van der Waals surface area (Å²) in [6, 6.07) is 7.69. The highest BCUT2D eigenvalue weighted by atomic mass is 16.5. The predicted octanol–water partition coefficient (Wildman–Crippen LogP) is 2.23. The number of nitrogens with one attached hydrogen (secondary N) is 1. The van der Waals surface area contributed by atoms with Crippen LogP contribution in [0.2, 0.25) is 0 Å². The van der Waals surface area contributed by atoms with Crippen molar-refractivity contribution in [3.63, 3.8) is 0 Å². The van der Waals surface area contributed by atoms with E-state index < -0.39 is 0 Å². The molecule has 2 aromatic rings. The fraction of sp³-hybridized carbons (Fsp3) is 0.545. The van der Waals surface area contributed by atoms with Crippen molar-refractivity contribution in [2.24, 2.45) is 0 Å². The monoisotopic (exact) mass is 429 g/mol. The standard InChI is InChI=1S/C22H31N5O4/c1-22(2,3)21-24-19(31-25-21)9-10-20(29)26(4)15-18(28)23-16-5-7-17(8-6-16)27-11-13-30-14-12-27/h5-8H,9-15H2,1-4H3,(H,23,28). The summed E-state index contributed by atoms with van der Waals surface area (Å²) < 4.78 is 10.6. The number of likely N-dealkylation sites (N-methyl/N-ethyl adjacent to an activating group) is 1. The molecule has 1 aromatic heterocycles. The van der Waals surface area contributed by atoms with Gasteiger partial charge >= 0.3 is 0 Å². The SMILES string of the molecule is CN(CC(=O)Nc1ccc(N2CCOCC2)cc1)C(=O)CCc1nc(C(C)(C)C)no1. The van der Waals surface area contributed by atoms with E-state index in [0.717, 1.165) is 32.0 Å². The minimum absolute atomic E-state index is 0.0267. The molecule has 1 saturated heterocycles. The highest BCUT2D eigenvalue weighted by Crippen LogP contribution is 2.20. The average molecular weight is 430 g/mol.